The molecule has 3 N–H and O–H groups in total. The minimum Gasteiger partial charge on any atom is -0.492 e. The molecule has 1 aromatic rings. The topological polar surface area (TPSA) is 67.6 Å². The van der Waals surface area contributed by atoms with Gasteiger partial charge in [0.05, 0.1) is 5.54 Å². The Morgan fingerprint density at radius 1 is 1.42 bits per heavy atom. The van der Waals surface area contributed by atoms with Crippen LogP contribution in [-0.2, 0) is 4.79 Å². The predicted octanol–water partition coefficient (Wildman–Crippen LogP) is 1.30. The van der Waals surface area contributed by atoms with Gasteiger partial charge in [0, 0.05) is 18.3 Å². The molecule has 106 valence electrons. The molecule has 1 amide bonds. The van der Waals surface area contributed by atoms with E-state index >= 15 is 0 Å². The zero-order chi connectivity index (χ0) is 14.5. The highest BCUT2D eigenvalue weighted by Crippen LogP contribution is 2.18. The van der Waals surface area contributed by atoms with Crippen molar-refractivity contribution in [1.29, 1.82) is 0 Å². The van der Waals surface area contributed by atoms with Crippen LogP contribution in [-0.4, -0.2) is 43.6 Å². The Morgan fingerprint density at radius 2 is 2.11 bits per heavy atom. The number of ether oxygens (including phenoxy) is 1. The van der Waals surface area contributed by atoms with Crippen molar-refractivity contribution in [3.8, 4) is 5.75 Å². The minimum absolute atomic E-state index is 0.224. The van der Waals surface area contributed by atoms with Crippen molar-refractivity contribution in [3.05, 3.63) is 24.3 Å². The molecule has 0 fully saturated rings. The first kappa shape index (κ1) is 15.5. The molecule has 5 heteroatoms. The van der Waals surface area contributed by atoms with E-state index < -0.39 is 5.54 Å². The van der Waals surface area contributed by atoms with Gasteiger partial charge in [-0.3, -0.25) is 4.79 Å². The SMILES string of the molecule is CN(C)CCOc1cccc(NC(=O)C(C)(C)N)c1. The van der Waals surface area contributed by atoms with Crippen molar-refractivity contribution in [1.82, 2.24) is 4.90 Å². The summed E-state index contributed by atoms with van der Waals surface area (Å²) in [5.74, 6) is 0.507. The molecule has 0 saturated carbocycles. The van der Waals surface area contributed by atoms with Crippen LogP contribution in [0.15, 0.2) is 24.3 Å². The lowest BCUT2D eigenvalue weighted by atomic mass is 10.1. The third-order valence-corrected chi connectivity index (χ3v) is 2.48. The molecule has 1 rings (SSSR count). The fraction of sp³-hybridized carbons (Fsp3) is 0.500. The largest absolute Gasteiger partial charge is 0.492 e. The van der Waals surface area contributed by atoms with Gasteiger partial charge in [-0.15, -0.1) is 0 Å². The molecule has 0 saturated heterocycles. The van der Waals surface area contributed by atoms with Gasteiger partial charge >= 0.3 is 0 Å². The Morgan fingerprint density at radius 3 is 2.68 bits per heavy atom. The number of hydrogen-bond acceptors (Lipinski definition) is 4. The predicted molar refractivity (Wildman–Crippen MR) is 77.4 cm³/mol. The zero-order valence-electron chi connectivity index (χ0n) is 12.1. The Kier molecular flexibility index (Phi) is 5.32. The number of likely N-dealkylation sites (N-methyl/N-ethyl adjacent to an activating group) is 1. The van der Waals surface area contributed by atoms with Gasteiger partial charge in [0.15, 0.2) is 0 Å². The van der Waals surface area contributed by atoms with E-state index in [1.54, 1.807) is 19.9 Å². The van der Waals surface area contributed by atoms with Gasteiger partial charge in [-0.2, -0.15) is 0 Å². The number of rotatable bonds is 6. The standard InChI is InChI=1S/C14H23N3O2/c1-14(2,15)13(18)16-11-6-5-7-12(10-11)19-9-8-17(3)4/h5-7,10H,8-9,15H2,1-4H3,(H,16,18). The van der Waals surface area contributed by atoms with Crippen LogP contribution >= 0.6 is 0 Å². The molecule has 0 unspecified atom stereocenters. The molecule has 1 aromatic carbocycles. The van der Waals surface area contributed by atoms with E-state index in [-0.39, 0.29) is 5.91 Å². The first-order chi connectivity index (χ1) is 8.79. The molecule has 0 spiro atoms. The van der Waals surface area contributed by atoms with Gasteiger partial charge in [0.25, 0.3) is 0 Å². The molecule has 5 nitrogen and oxygen atoms in total. The lowest BCUT2D eigenvalue weighted by Gasteiger charge is -2.18. The number of carbonyl (C=O) groups is 1. The number of carbonyl (C=O) groups excluding carboxylic acids is 1. The molecule has 0 aliphatic rings. The van der Waals surface area contributed by atoms with Crippen LogP contribution < -0.4 is 15.8 Å². The maximum Gasteiger partial charge on any atom is 0.243 e. The summed E-state index contributed by atoms with van der Waals surface area (Å²) in [6.45, 7) is 4.78. The summed E-state index contributed by atoms with van der Waals surface area (Å²) in [7, 11) is 3.98. The average Bonchev–Trinajstić information content (AvgIpc) is 2.27. The van der Waals surface area contributed by atoms with Gasteiger partial charge in [-0.1, -0.05) is 6.07 Å². The van der Waals surface area contributed by atoms with Gasteiger partial charge in [0.1, 0.15) is 12.4 Å². The highest BCUT2D eigenvalue weighted by atomic mass is 16.5. The van der Waals surface area contributed by atoms with Gasteiger partial charge in [-0.05, 0) is 40.1 Å². The Balaban J connectivity index is 2.59. The summed E-state index contributed by atoms with van der Waals surface area (Å²) in [4.78, 5) is 13.8. The molecule has 19 heavy (non-hydrogen) atoms. The normalized spacial score (nSPS) is 11.5. The number of nitrogens with two attached hydrogens (primary N) is 1. The van der Waals surface area contributed by atoms with Crippen LogP contribution in [0.25, 0.3) is 0 Å². The molecule has 0 radical (unpaired) electrons. The van der Waals surface area contributed by atoms with Crippen LogP contribution in [0.1, 0.15) is 13.8 Å². The summed E-state index contributed by atoms with van der Waals surface area (Å²) in [6, 6.07) is 7.30. The summed E-state index contributed by atoms with van der Waals surface area (Å²) >= 11 is 0. The molecular weight excluding hydrogens is 242 g/mol. The third kappa shape index (κ3) is 5.72. The van der Waals surface area contributed by atoms with Crippen molar-refractivity contribution in [3.63, 3.8) is 0 Å². The minimum atomic E-state index is -0.901. The highest BCUT2D eigenvalue weighted by Gasteiger charge is 2.21. The molecular formula is C14H23N3O2. The van der Waals surface area contributed by atoms with Crippen LogP contribution in [0, 0.1) is 0 Å². The van der Waals surface area contributed by atoms with Crippen molar-refractivity contribution in [2.24, 2.45) is 5.73 Å². The van der Waals surface area contributed by atoms with Crippen molar-refractivity contribution < 1.29 is 9.53 Å². The summed E-state index contributed by atoms with van der Waals surface area (Å²) in [6.07, 6.45) is 0. The van der Waals surface area contributed by atoms with Crippen molar-refractivity contribution in [2.75, 3.05) is 32.6 Å². The fourth-order valence-electron chi connectivity index (χ4n) is 1.30. The summed E-state index contributed by atoms with van der Waals surface area (Å²) in [5, 5.41) is 2.77. The Bertz CT molecular complexity index is 425. The van der Waals surface area contributed by atoms with E-state index in [4.69, 9.17) is 10.5 Å². The van der Waals surface area contributed by atoms with Crippen molar-refractivity contribution >= 4 is 11.6 Å². The molecule has 0 heterocycles. The van der Waals surface area contributed by atoms with Crippen molar-refractivity contribution in [2.45, 2.75) is 19.4 Å². The zero-order valence-corrected chi connectivity index (χ0v) is 12.1. The second-order valence-electron chi connectivity index (χ2n) is 5.36. The second-order valence-corrected chi connectivity index (χ2v) is 5.36. The number of anilines is 1. The molecule has 0 aliphatic heterocycles. The van der Waals surface area contributed by atoms with Gasteiger partial charge in [0.2, 0.25) is 5.91 Å². The first-order valence-corrected chi connectivity index (χ1v) is 6.27. The second kappa shape index (κ2) is 6.54. The van der Waals surface area contributed by atoms with Crippen LogP contribution in [0.2, 0.25) is 0 Å². The monoisotopic (exact) mass is 265 g/mol. The number of hydrogen-bond donors (Lipinski definition) is 2. The van der Waals surface area contributed by atoms with E-state index in [0.717, 1.165) is 12.3 Å². The van der Waals surface area contributed by atoms with E-state index in [2.05, 4.69) is 5.32 Å². The van der Waals surface area contributed by atoms with Gasteiger partial charge < -0.3 is 20.7 Å². The smallest absolute Gasteiger partial charge is 0.243 e. The maximum atomic E-state index is 11.8. The van der Waals surface area contributed by atoms with E-state index in [1.807, 2.05) is 37.2 Å². The number of nitrogens with zero attached hydrogens (tertiary/aromatic N) is 1. The van der Waals surface area contributed by atoms with E-state index in [1.165, 1.54) is 0 Å². The summed E-state index contributed by atoms with van der Waals surface area (Å²) in [5.41, 5.74) is 5.51. The number of benzene rings is 1. The molecule has 0 bridgehead atoms. The maximum absolute atomic E-state index is 11.8. The summed E-state index contributed by atoms with van der Waals surface area (Å²) < 4.78 is 5.60. The van der Waals surface area contributed by atoms with E-state index in [9.17, 15) is 4.79 Å². The van der Waals surface area contributed by atoms with Crippen LogP contribution in [0.3, 0.4) is 0 Å². The van der Waals surface area contributed by atoms with Crippen LogP contribution in [0.4, 0.5) is 5.69 Å². The van der Waals surface area contributed by atoms with Gasteiger partial charge in [-0.25, -0.2) is 0 Å². The third-order valence-electron chi connectivity index (χ3n) is 2.48. The molecule has 0 aliphatic carbocycles. The number of nitrogens with one attached hydrogen (secondary N) is 1. The molecule has 0 aromatic heterocycles. The fourth-order valence-corrected chi connectivity index (χ4v) is 1.30. The number of amides is 1. The molecule has 0 atom stereocenters. The Labute approximate surface area is 114 Å². The quantitative estimate of drug-likeness (QED) is 0.813. The highest BCUT2D eigenvalue weighted by molar-refractivity contribution is 5.97. The lowest BCUT2D eigenvalue weighted by Crippen LogP contribution is -2.45. The average molecular weight is 265 g/mol. The van der Waals surface area contributed by atoms with Crippen LogP contribution in [0.5, 0.6) is 5.75 Å². The first-order valence-electron chi connectivity index (χ1n) is 6.27. The van der Waals surface area contributed by atoms with E-state index in [0.29, 0.717) is 12.3 Å². The Hall–Kier alpha value is -1.59. The lowest BCUT2D eigenvalue weighted by molar-refractivity contribution is -0.120.